The Bertz CT molecular complexity index is 413. The Labute approximate surface area is 116 Å². The lowest BCUT2D eigenvalue weighted by atomic mass is 9.99. The van der Waals surface area contributed by atoms with Gasteiger partial charge in [0.1, 0.15) is 5.75 Å². The molecule has 106 valence electrons. The van der Waals surface area contributed by atoms with Crippen LogP contribution in [-0.2, 0) is 4.74 Å². The summed E-state index contributed by atoms with van der Waals surface area (Å²) in [5, 5.41) is 10.0. The maximum Gasteiger partial charge on any atom is 0.120 e. The summed E-state index contributed by atoms with van der Waals surface area (Å²) in [4.78, 5) is 2.31. The van der Waals surface area contributed by atoms with Crippen molar-refractivity contribution < 1.29 is 9.84 Å². The van der Waals surface area contributed by atoms with Gasteiger partial charge in [-0.1, -0.05) is 17.7 Å². The maximum absolute atomic E-state index is 10.0. The zero-order valence-corrected chi connectivity index (χ0v) is 12.2. The molecule has 1 saturated heterocycles. The van der Waals surface area contributed by atoms with Crippen molar-refractivity contribution in [1.29, 1.82) is 0 Å². The van der Waals surface area contributed by atoms with Crippen molar-refractivity contribution in [2.24, 2.45) is 5.92 Å². The van der Waals surface area contributed by atoms with Crippen LogP contribution in [0.2, 0.25) is 0 Å². The summed E-state index contributed by atoms with van der Waals surface area (Å²) in [6, 6.07) is 6.04. The van der Waals surface area contributed by atoms with Gasteiger partial charge in [-0.15, -0.1) is 0 Å². The van der Waals surface area contributed by atoms with E-state index in [1.54, 1.807) is 6.07 Å². The van der Waals surface area contributed by atoms with Gasteiger partial charge in [0.25, 0.3) is 0 Å². The van der Waals surface area contributed by atoms with E-state index in [0.29, 0.717) is 11.7 Å². The van der Waals surface area contributed by atoms with Gasteiger partial charge >= 0.3 is 0 Å². The molecule has 1 heterocycles. The van der Waals surface area contributed by atoms with Gasteiger partial charge in [-0.25, -0.2) is 0 Å². The molecule has 2 atom stereocenters. The number of phenolic OH excluding ortho intramolecular Hbond substituents is 1. The Hall–Kier alpha value is -1.06. The van der Waals surface area contributed by atoms with Gasteiger partial charge in [0.05, 0.1) is 6.61 Å². The SMILES string of the molecule is Cc1ccc(O)c(C(C)N(C)CC2CCCOC2)c1. The number of benzene rings is 1. The van der Waals surface area contributed by atoms with Gasteiger partial charge in [0.2, 0.25) is 0 Å². The maximum atomic E-state index is 10.0. The van der Waals surface area contributed by atoms with Gasteiger partial charge in [0, 0.05) is 24.8 Å². The molecule has 0 bridgehead atoms. The number of hydrogen-bond donors (Lipinski definition) is 1. The van der Waals surface area contributed by atoms with Crippen LogP contribution >= 0.6 is 0 Å². The summed E-state index contributed by atoms with van der Waals surface area (Å²) < 4.78 is 5.54. The lowest BCUT2D eigenvalue weighted by molar-refractivity contribution is 0.0370. The fourth-order valence-corrected chi connectivity index (χ4v) is 2.76. The summed E-state index contributed by atoms with van der Waals surface area (Å²) in [6.45, 7) is 7.02. The van der Waals surface area contributed by atoms with Crippen molar-refractivity contribution >= 4 is 0 Å². The number of phenols is 1. The van der Waals surface area contributed by atoms with E-state index in [1.807, 2.05) is 6.07 Å². The number of aromatic hydroxyl groups is 1. The normalized spacial score (nSPS) is 21.6. The molecule has 19 heavy (non-hydrogen) atoms. The molecule has 1 fully saturated rings. The van der Waals surface area contributed by atoms with Crippen LogP contribution in [0.25, 0.3) is 0 Å². The van der Waals surface area contributed by atoms with Gasteiger partial charge < -0.3 is 9.84 Å². The van der Waals surface area contributed by atoms with E-state index in [0.717, 1.165) is 25.3 Å². The van der Waals surface area contributed by atoms with Crippen molar-refractivity contribution in [3.63, 3.8) is 0 Å². The van der Waals surface area contributed by atoms with Crippen LogP contribution in [0.1, 0.15) is 36.9 Å². The third-order valence-electron chi connectivity index (χ3n) is 4.10. The zero-order chi connectivity index (χ0) is 13.8. The van der Waals surface area contributed by atoms with Crippen molar-refractivity contribution in [2.75, 3.05) is 26.8 Å². The number of ether oxygens (including phenoxy) is 1. The average molecular weight is 263 g/mol. The molecular weight excluding hydrogens is 238 g/mol. The fourth-order valence-electron chi connectivity index (χ4n) is 2.76. The molecule has 0 saturated carbocycles. The third-order valence-corrected chi connectivity index (χ3v) is 4.10. The van der Waals surface area contributed by atoms with Gasteiger partial charge in [-0.3, -0.25) is 4.90 Å². The molecule has 0 amide bonds. The topological polar surface area (TPSA) is 32.7 Å². The van der Waals surface area contributed by atoms with Crippen molar-refractivity contribution in [2.45, 2.75) is 32.7 Å². The summed E-state index contributed by atoms with van der Waals surface area (Å²) >= 11 is 0. The van der Waals surface area contributed by atoms with E-state index in [4.69, 9.17) is 4.74 Å². The van der Waals surface area contributed by atoms with Crippen molar-refractivity contribution in [3.8, 4) is 5.75 Å². The van der Waals surface area contributed by atoms with Crippen molar-refractivity contribution in [1.82, 2.24) is 4.90 Å². The molecule has 0 aliphatic carbocycles. The van der Waals surface area contributed by atoms with Crippen LogP contribution in [0.15, 0.2) is 18.2 Å². The average Bonchev–Trinajstić information content (AvgIpc) is 2.42. The predicted octanol–water partition coefficient (Wildman–Crippen LogP) is 3.12. The number of rotatable bonds is 4. The molecular formula is C16H25NO2. The molecule has 0 aromatic heterocycles. The van der Waals surface area contributed by atoms with Crippen LogP contribution in [-0.4, -0.2) is 36.8 Å². The van der Waals surface area contributed by atoms with Crippen LogP contribution in [0.4, 0.5) is 0 Å². The molecule has 3 nitrogen and oxygen atoms in total. The summed E-state index contributed by atoms with van der Waals surface area (Å²) in [5.41, 5.74) is 2.20. The molecule has 1 aliphatic rings. The predicted molar refractivity (Wildman–Crippen MR) is 77.4 cm³/mol. The number of aryl methyl sites for hydroxylation is 1. The minimum Gasteiger partial charge on any atom is -0.508 e. The zero-order valence-electron chi connectivity index (χ0n) is 12.2. The monoisotopic (exact) mass is 263 g/mol. The molecule has 0 spiro atoms. The Morgan fingerprint density at radius 3 is 2.95 bits per heavy atom. The second-order valence-electron chi connectivity index (χ2n) is 5.76. The minimum absolute atomic E-state index is 0.224. The Kier molecular flexibility index (Phi) is 4.83. The van der Waals surface area contributed by atoms with E-state index >= 15 is 0 Å². The van der Waals surface area contributed by atoms with Gasteiger partial charge in [0.15, 0.2) is 0 Å². The standard InChI is InChI=1S/C16H25NO2/c1-12-6-7-16(18)15(9-12)13(2)17(3)10-14-5-4-8-19-11-14/h6-7,9,13-14,18H,4-5,8,10-11H2,1-3H3. The van der Waals surface area contributed by atoms with E-state index in [1.165, 1.54) is 18.4 Å². The highest BCUT2D eigenvalue weighted by Gasteiger charge is 2.21. The van der Waals surface area contributed by atoms with Crippen LogP contribution in [0, 0.1) is 12.8 Å². The summed E-state index contributed by atoms with van der Waals surface area (Å²) in [5.74, 6) is 1.01. The highest BCUT2D eigenvalue weighted by molar-refractivity contribution is 5.37. The van der Waals surface area contributed by atoms with Crippen LogP contribution < -0.4 is 0 Å². The molecule has 1 aliphatic heterocycles. The van der Waals surface area contributed by atoms with Gasteiger partial charge in [-0.05, 0) is 45.7 Å². The number of hydrogen-bond acceptors (Lipinski definition) is 3. The van der Waals surface area contributed by atoms with Gasteiger partial charge in [-0.2, -0.15) is 0 Å². The van der Waals surface area contributed by atoms with Crippen LogP contribution in [0.5, 0.6) is 5.75 Å². The molecule has 2 unspecified atom stereocenters. The molecule has 2 rings (SSSR count). The summed E-state index contributed by atoms with van der Waals surface area (Å²) in [6.07, 6.45) is 2.42. The van der Waals surface area contributed by atoms with E-state index in [-0.39, 0.29) is 6.04 Å². The first-order chi connectivity index (χ1) is 9.08. The van der Waals surface area contributed by atoms with Crippen molar-refractivity contribution in [3.05, 3.63) is 29.3 Å². The minimum atomic E-state index is 0.224. The second-order valence-corrected chi connectivity index (χ2v) is 5.76. The number of nitrogens with zero attached hydrogens (tertiary/aromatic N) is 1. The molecule has 3 heteroatoms. The highest BCUT2D eigenvalue weighted by atomic mass is 16.5. The highest BCUT2D eigenvalue weighted by Crippen LogP contribution is 2.29. The molecule has 1 N–H and O–H groups in total. The lowest BCUT2D eigenvalue weighted by Gasteiger charge is -2.31. The Balaban J connectivity index is 2.01. The largest absolute Gasteiger partial charge is 0.508 e. The fraction of sp³-hybridized carbons (Fsp3) is 0.625. The third kappa shape index (κ3) is 3.71. The first-order valence-electron chi connectivity index (χ1n) is 7.15. The van der Waals surface area contributed by atoms with E-state index in [9.17, 15) is 5.11 Å². The molecule has 1 aromatic carbocycles. The first kappa shape index (κ1) is 14.4. The van der Waals surface area contributed by atoms with E-state index in [2.05, 4.69) is 31.9 Å². The Morgan fingerprint density at radius 2 is 2.26 bits per heavy atom. The first-order valence-corrected chi connectivity index (χ1v) is 7.15. The lowest BCUT2D eigenvalue weighted by Crippen LogP contribution is -2.32. The molecule has 0 radical (unpaired) electrons. The van der Waals surface area contributed by atoms with E-state index < -0.39 is 0 Å². The Morgan fingerprint density at radius 1 is 1.47 bits per heavy atom. The smallest absolute Gasteiger partial charge is 0.120 e. The summed E-state index contributed by atoms with van der Waals surface area (Å²) in [7, 11) is 2.13. The second kappa shape index (κ2) is 6.40. The molecule has 1 aromatic rings. The quantitative estimate of drug-likeness (QED) is 0.906. The van der Waals surface area contributed by atoms with Crippen LogP contribution in [0.3, 0.4) is 0 Å².